The quantitative estimate of drug-likeness (QED) is 0.756. The Morgan fingerprint density at radius 3 is 2.42 bits per heavy atom. The summed E-state index contributed by atoms with van der Waals surface area (Å²) >= 11 is 0. The van der Waals surface area contributed by atoms with Crippen LogP contribution in [0.3, 0.4) is 0 Å². The minimum Gasteiger partial charge on any atom is -0.345 e. The summed E-state index contributed by atoms with van der Waals surface area (Å²) in [6.45, 7) is 3.48. The molecule has 126 valence electrons. The molecule has 3 atom stereocenters. The van der Waals surface area contributed by atoms with Crippen LogP contribution in [0.5, 0.6) is 0 Å². The standard InChI is InChI=1S/C21H26N2O/c1-16(23-15-20(23)18-7-5-4-6-8-18)9-10-17-11-13-19(14-12-17)21(24)22(2)3/h4-8,11-14,16,20H,9-10,15H2,1-3H3/t16?,20?,23-/m0/s1. The van der Waals surface area contributed by atoms with E-state index in [1.165, 1.54) is 17.7 Å². The van der Waals surface area contributed by atoms with Gasteiger partial charge < -0.3 is 4.90 Å². The zero-order valence-corrected chi connectivity index (χ0v) is 14.8. The number of hydrogen-bond donors (Lipinski definition) is 0. The third-order valence-electron chi connectivity index (χ3n) is 4.86. The van der Waals surface area contributed by atoms with E-state index in [-0.39, 0.29) is 5.91 Å². The maximum Gasteiger partial charge on any atom is 0.253 e. The smallest absolute Gasteiger partial charge is 0.253 e. The van der Waals surface area contributed by atoms with Crippen molar-refractivity contribution in [3.8, 4) is 0 Å². The van der Waals surface area contributed by atoms with Crippen LogP contribution in [-0.2, 0) is 6.42 Å². The van der Waals surface area contributed by atoms with E-state index in [0.717, 1.165) is 18.4 Å². The van der Waals surface area contributed by atoms with Gasteiger partial charge in [0.05, 0.1) is 0 Å². The summed E-state index contributed by atoms with van der Waals surface area (Å²) < 4.78 is 0. The number of nitrogens with zero attached hydrogens (tertiary/aromatic N) is 2. The number of benzene rings is 2. The molecule has 2 unspecified atom stereocenters. The minimum absolute atomic E-state index is 0.0599. The van der Waals surface area contributed by atoms with Crippen LogP contribution in [0.4, 0.5) is 0 Å². The number of amides is 1. The van der Waals surface area contributed by atoms with Gasteiger partial charge in [0.2, 0.25) is 0 Å². The normalized spacial score (nSPS) is 20.5. The maximum atomic E-state index is 11.9. The number of hydrogen-bond acceptors (Lipinski definition) is 2. The van der Waals surface area contributed by atoms with Crippen LogP contribution in [0.25, 0.3) is 0 Å². The van der Waals surface area contributed by atoms with Crippen molar-refractivity contribution in [1.82, 2.24) is 9.80 Å². The van der Waals surface area contributed by atoms with Crippen LogP contribution in [0.1, 0.15) is 40.9 Å². The molecule has 3 rings (SSSR count). The zero-order chi connectivity index (χ0) is 17.1. The lowest BCUT2D eigenvalue weighted by Gasteiger charge is -2.15. The van der Waals surface area contributed by atoms with Crippen molar-refractivity contribution in [2.75, 3.05) is 20.6 Å². The molecule has 0 radical (unpaired) electrons. The first-order chi connectivity index (χ1) is 11.6. The second kappa shape index (κ2) is 7.18. The fraction of sp³-hybridized carbons (Fsp3) is 0.381. The van der Waals surface area contributed by atoms with Crippen molar-refractivity contribution in [1.29, 1.82) is 0 Å². The average Bonchev–Trinajstić information content (AvgIpc) is 3.41. The maximum absolute atomic E-state index is 11.9. The zero-order valence-electron chi connectivity index (χ0n) is 14.8. The average molecular weight is 322 g/mol. The van der Waals surface area contributed by atoms with E-state index in [1.54, 1.807) is 19.0 Å². The molecule has 1 aliphatic heterocycles. The predicted octanol–water partition coefficient (Wildman–Crippen LogP) is 3.77. The molecule has 1 saturated heterocycles. The third kappa shape index (κ3) is 3.85. The summed E-state index contributed by atoms with van der Waals surface area (Å²) in [5.74, 6) is 0.0599. The van der Waals surface area contributed by atoms with Gasteiger partial charge in [0.1, 0.15) is 0 Å². The molecule has 0 aromatic heterocycles. The molecule has 0 spiro atoms. The highest BCUT2D eigenvalue weighted by atomic mass is 16.2. The molecule has 2 aromatic carbocycles. The molecule has 3 nitrogen and oxygen atoms in total. The van der Waals surface area contributed by atoms with Crippen molar-refractivity contribution >= 4 is 5.91 Å². The van der Waals surface area contributed by atoms with E-state index in [4.69, 9.17) is 0 Å². The van der Waals surface area contributed by atoms with Crippen molar-refractivity contribution in [2.24, 2.45) is 0 Å². The first-order valence-corrected chi connectivity index (χ1v) is 8.67. The van der Waals surface area contributed by atoms with Crippen molar-refractivity contribution < 1.29 is 4.79 Å². The third-order valence-corrected chi connectivity index (χ3v) is 4.86. The Hall–Kier alpha value is -2.13. The molecule has 0 N–H and O–H groups in total. The fourth-order valence-electron chi connectivity index (χ4n) is 3.23. The Balaban J connectivity index is 1.50. The molecule has 2 aromatic rings. The fourth-order valence-corrected chi connectivity index (χ4v) is 3.23. The molecule has 1 aliphatic rings. The van der Waals surface area contributed by atoms with Crippen LogP contribution < -0.4 is 0 Å². The van der Waals surface area contributed by atoms with Crippen molar-refractivity contribution in [3.63, 3.8) is 0 Å². The van der Waals surface area contributed by atoms with Gasteiger partial charge in [-0.25, -0.2) is 0 Å². The SMILES string of the molecule is CC(CCc1ccc(C(=O)N(C)C)cc1)[N@]1CC1c1ccccc1. The molecular weight excluding hydrogens is 296 g/mol. The van der Waals surface area contributed by atoms with Crippen LogP contribution in [-0.4, -0.2) is 42.4 Å². The number of carbonyl (C=O) groups is 1. The van der Waals surface area contributed by atoms with Gasteiger partial charge in [0.15, 0.2) is 0 Å². The van der Waals surface area contributed by atoms with Crippen molar-refractivity contribution in [2.45, 2.75) is 31.8 Å². The lowest BCUT2D eigenvalue weighted by molar-refractivity contribution is 0.0827. The molecule has 0 saturated carbocycles. The van der Waals surface area contributed by atoms with Gasteiger partial charge in [-0.05, 0) is 43.0 Å². The largest absolute Gasteiger partial charge is 0.345 e. The molecule has 0 bridgehead atoms. The Morgan fingerprint density at radius 2 is 1.79 bits per heavy atom. The van der Waals surface area contributed by atoms with Gasteiger partial charge in [-0.2, -0.15) is 0 Å². The first-order valence-electron chi connectivity index (χ1n) is 8.67. The topological polar surface area (TPSA) is 23.3 Å². The van der Waals surface area contributed by atoms with E-state index in [0.29, 0.717) is 12.1 Å². The Morgan fingerprint density at radius 1 is 1.12 bits per heavy atom. The van der Waals surface area contributed by atoms with Gasteiger partial charge in [-0.15, -0.1) is 0 Å². The molecule has 1 fully saturated rings. The summed E-state index contributed by atoms with van der Waals surface area (Å²) in [5, 5.41) is 0. The number of rotatable bonds is 6. The molecule has 0 aliphatic carbocycles. The summed E-state index contributed by atoms with van der Waals surface area (Å²) in [4.78, 5) is 16.1. The van der Waals surface area contributed by atoms with Gasteiger partial charge in [0.25, 0.3) is 5.91 Å². The van der Waals surface area contributed by atoms with Gasteiger partial charge in [-0.3, -0.25) is 9.69 Å². The molecule has 3 heteroatoms. The summed E-state index contributed by atoms with van der Waals surface area (Å²) in [5.41, 5.74) is 3.48. The highest BCUT2D eigenvalue weighted by Crippen LogP contribution is 2.37. The predicted molar refractivity (Wildman–Crippen MR) is 98.1 cm³/mol. The van der Waals surface area contributed by atoms with Crippen LogP contribution in [0.15, 0.2) is 54.6 Å². The van der Waals surface area contributed by atoms with Gasteiger partial charge in [-0.1, -0.05) is 42.5 Å². The highest BCUT2D eigenvalue weighted by molar-refractivity contribution is 5.93. The van der Waals surface area contributed by atoms with E-state index in [1.807, 2.05) is 12.1 Å². The minimum atomic E-state index is 0.0599. The van der Waals surface area contributed by atoms with E-state index in [2.05, 4.69) is 54.3 Å². The lowest BCUT2D eigenvalue weighted by atomic mass is 10.0. The van der Waals surface area contributed by atoms with Crippen LogP contribution in [0, 0.1) is 0 Å². The number of carbonyl (C=O) groups excluding carboxylic acids is 1. The van der Waals surface area contributed by atoms with Crippen molar-refractivity contribution in [3.05, 3.63) is 71.3 Å². The first kappa shape index (κ1) is 16.7. The molecule has 1 heterocycles. The monoisotopic (exact) mass is 322 g/mol. The van der Waals surface area contributed by atoms with E-state index >= 15 is 0 Å². The lowest BCUT2D eigenvalue weighted by Crippen LogP contribution is -2.21. The summed E-state index contributed by atoms with van der Waals surface area (Å²) in [6.07, 6.45) is 2.19. The molecule has 24 heavy (non-hydrogen) atoms. The summed E-state index contributed by atoms with van der Waals surface area (Å²) in [6, 6.07) is 20.0. The summed E-state index contributed by atoms with van der Waals surface area (Å²) in [7, 11) is 3.57. The Kier molecular flexibility index (Phi) is 5.00. The Bertz CT molecular complexity index is 679. The second-order valence-corrected chi connectivity index (χ2v) is 6.91. The second-order valence-electron chi connectivity index (χ2n) is 6.91. The highest BCUT2D eigenvalue weighted by Gasteiger charge is 2.38. The van der Waals surface area contributed by atoms with E-state index < -0.39 is 0 Å². The van der Waals surface area contributed by atoms with Crippen LogP contribution in [0.2, 0.25) is 0 Å². The number of aryl methyl sites for hydroxylation is 1. The van der Waals surface area contributed by atoms with Gasteiger partial charge >= 0.3 is 0 Å². The van der Waals surface area contributed by atoms with E-state index in [9.17, 15) is 4.79 Å². The molecule has 1 amide bonds. The van der Waals surface area contributed by atoms with Crippen LogP contribution >= 0.6 is 0 Å². The molecular formula is C21H26N2O. The Labute approximate surface area is 144 Å². The van der Waals surface area contributed by atoms with Gasteiger partial charge in [0, 0.05) is 38.3 Å².